The summed E-state index contributed by atoms with van der Waals surface area (Å²) in [4.78, 5) is 10.5. The first kappa shape index (κ1) is 11.4. The molecule has 16 heavy (non-hydrogen) atoms. The molecule has 0 amide bonds. The molecule has 6 heteroatoms. The lowest BCUT2D eigenvalue weighted by molar-refractivity contribution is 0.122. The van der Waals surface area contributed by atoms with Gasteiger partial charge >= 0.3 is 0 Å². The number of aryl methyl sites for hydroxylation is 1. The Kier molecular flexibility index (Phi) is 3.46. The van der Waals surface area contributed by atoms with Gasteiger partial charge in [0.25, 0.3) is 0 Å². The molecule has 0 aromatic carbocycles. The van der Waals surface area contributed by atoms with Gasteiger partial charge in [-0.2, -0.15) is 0 Å². The molecule has 0 unspecified atom stereocenters. The van der Waals surface area contributed by atoms with Crippen LogP contribution in [0.2, 0.25) is 5.15 Å². The smallest absolute Gasteiger partial charge is 0.199 e. The fourth-order valence-corrected chi connectivity index (χ4v) is 1.96. The van der Waals surface area contributed by atoms with Gasteiger partial charge in [0.2, 0.25) is 0 Å². The van der Waals surface area contributed by atoms with Crippen molar-refractivity contribution in [1.82, 2.24) is 9.97 Å². The molecule has 1 fully saturated rings. The number of morpholine rings is 1. The van der Waals surface area contributed by atoms with Crippen molar-refractivity contribution in [3.63, 3.8) is 0 Å². The highest BCUT2D eigenvalue weighted by atomic mass is 35.5. The number of hydrogen-bond acceptors (Lipinski definition) is 5. The normalized spacial score (nSPS) is 16.3. The standard InChI is InChI=1S/C10H14ClN3O2/c1-7-12-9(11)8(15-2)10(13-7)14-3-5-16-6-4-14/h3-6H2,1-2H3. The third-order valence-corrected chi connectivity index (χ3v) is 2.69. The molecule has 1 aromatic heterocycles. The molecule has 0 radical (unpaired) electrons. The van der Waals surface area contributed by atoms with Crippen LogP contribution in [0.3, 0.4) is 0 Å². The van der Waals surface area contributed by atoms with Gasteiger partial charge in [-0.25, -0.2) is 9.97 Å². The van der Waals surface area contributed by atoms with Crippen molar-refractivity contribution in [2.24, 2.45) is 0 Å². The molecule has 1 aliphatic rings. The molecule has 88 valence electrons. The molecular weight excluding hydrogens is 230 g/mol. The van der Waals surface area contributed by atoms with Gasteiger partial charge in [-0.1, -0.05) is 11.6 Å². The maximum atomic E-state index is 6.02. The quantitative estimate of drug-likeness (QED) is 0.733. The van der Waals surface area contributed by atoms with Gasteiger partial charge in [-0.05, 0) is 6.92 Å². The van der Waals surface area contributed by atoms with E-state index in [-0.39, 0.29) is 0 Å². The van der Waals surface area contributed by atoms with Crippen molar-refractivity contribution < 1.29 is 9.47 Å². The van der Waals surface area contributed by atoms with Crippen LogP contribution in [-0.2, 0) is 4.74 Å². The van der Waals surface area contributed by atoms with Gasteiger partial charge in [0, 0.05) is 13.1 Å². The molecule has 2 heterocycles. The largest absolute Gasteiger partial charge is 0.490 e. The van der Waals surface area contributed by atoms with E-state index in [9.17, 15) is 0 Å². The van der Waals surface area contributed by atoms with Crippen LogP contribution < -0.4 is 9.64 Å². The fraction of sp³-hybridized carbons (Fsp3) is 0.600. The van der Waals surface area contributed by atoms with Gasteiger partial charge in [0.05, 0.1) is 20.3 Å². The molecule has 1 aliphatic heterocycles. The molecule has 0 spiro atoms. The minimum absolute atomic E-state index is 0.358. The molecular formula is C10H14ClN3O2. The van der Waals surface area contributed by atoms with E-state index in [4.69, 9.17) is 21.1 Å². The summed E-state index contributed by atoms with van der Waals surface area (Å²) in [5.41, 5.74) is 0. The van der Waals surface area contributed by atoms with Crippen LogP contribution in [-0.4, -0.2) is 43.4 Å². The average Bonchev–Trinajstić information content (AvgIpc) is 2.29. The Morgan fingerprint density at radius 2 is 2.00 bits per heavy atom. The first-order valence-electron chi connectivity index (χ1n) is 5.13. The van der Waals surface area contributed by atoms with Crippen LogP contribution in [0.25, 0.3) is 0 Å². The first-order chi connectivity index (χ1) is 7.72. The molecule has 2 rings (SSSR count). The monoisotopic (exact) mass is 243 g/mol. The maximum absolute atomic E-state index is 6.02. The number of rotatable bonds is 2. The Labute approximate surface area is 99.3 Å². The van der Waals surface area contributed by atoms with E-state index in [1.165, 1.54) is 0 Å². The van der Waals surface area contributed by atoms with Crippen molar-refractivity contribution in [3.05, 3.63) is 11.0 Å². The van der Waals surface area contributed by atoms with Gasteiger partial charge < -0.3 is 14.4 Å². The van der Waals surface area contributed by atoms with Crippen molar-refractivity contribution in [2.75, 3.05) is 38.3 Å². The highest BCUT2D eigenvalue weighted by molar-refractivity contribution is 6.31. The van der Waals surface area contributed by atoms with Crippen LogP contribution in [0.15, 0.2) is 0 Å². The van der Waals surface area contributed by atoms with Crippen molar-refractivity contribution >= 4 is 17.4 Å². The second kappa shape index (κ2) is 4.84. The summed E-state index contributed by atoms with van der Waals surface area (Å²) in [6.45, 7) is 4.80. The maximum Gasteiger partial charge on any atom is 0.199 e. The molecule has 0 saturated carbocycles. The van der Waals surface area contributed by atoms with Crippen LogP contribution in [0, 0.1) is 6.92 Å². The third-order valence-electron chi connectivity index (χ3n) is 2.43. The SMILES string of the molecule is COc1c(Cl)nc(C)nc1N1CCOCC1. The summed E-state index contributed by atoms with van der Waals surface area (Å²) >= 11 is 6.02. The fourth-order valence-electron chi connectivity index (χ4n) is 1.68. The molecule has 1 saturated heterocycles. The topological polar surface area (TPSA) is 47.5 Å². The second-order valence-electron chi connectivity index (χ2n) is 3.52. The summed E-state index contributed by atoms with van der Waals surface area (Å²) in [5.74, 6) is 1.93. The predicted octanol–water partition coefficient (Wildman–Crippen LogP) is 1.28. The van der Waals surface area contributed by atoms with E-state index >= 15 is 0 Å². The van der Waals surface area contributed by atoms with Crippen molar-refractivity contribution in [1.29, 1.82) is 0 Å². The minimum atomic E-state index is 0.358. The number of hydrogen-bond donors (Lipinski definition) is 0. The molecule has 0 atom stereocenters. The predicted molar refractivity (Wildman–Crippen MR) is 61.4 cm³/mol. The minimum Gasteiger partial charge on any atom is -0.490 e. The molecule has 0 bridgehead atoms. The third kappa shape index (κ3) is 2.20. The molecule has 0 aliphatic carbocycles. The van der Waals surface area contributed by atoms with E-state index in [1.54, 1.807) is 7.11 Å². The highest BCUT2D eigenvalue weighted by Crippen LogP contribution is 2.32. The second-order valence-corrected chi connectivity index (χ2v) is 3.88. The van der Waals surface area contributed by atoms with Crippen LogP contribution >= 0.6 is 11.6 Å². The van der Waals surface area contributed by atoms with E-state index < -0.39 is 0 Å². The molecule has 5 nitrogen and oxygen atoms in total. The zero-order chi connectivity index (χ0) is 11.5. The van der Waals surface area contributed by atoms with Gasteiger partial charge in [-0.15, -0.1) is 0 Å². The van der Waals surface area contributed by atoms with E-state index in [0.717, 1.165) is 18.9 Å². The molecule has 0 N–H and O–H groups in total. The number of anilines is 1. The zero-order valence-electron chi connectivity index (χ0n) is 9.36. The van der Waals surface area contributed by atoms with Crippen LogP contribution in [0.1, 0.15) is 5.82 Å². The highest BCUT2D eigenvalue weighted by Gasteiger charge is 2.20. The van der Waals surface area contributed by atoms with Crippen molar-refractivity contribution in [2.45, 2.75) is 6.92 Å². The zero-order valence-corrected chi connectivity index (χ0v) is 10.1. The summed E-state index contributed by atoms with van der Waals surface area (Å²) < 4.78 is 10.5. The Bertz CT molecular complexity index is 381. The van der Waals surface area contributed by atoms with E-state index in [2.05, 4.69) is 14.9 Å². The number of ether oxygens (including phenoxy) is 2. The lowest BCUT2D eigenvalue weighted by Crippen LogP contribution is -2.37. The van der Waals surface area contributed by atoms with Gasteiger partial charge in [-0.3, -0.25) is 0 Å². The van der Waals surface area contributed by atoms with Crippen molar-refractivity contribution in [3.8, 4) is 5.75 Å². The summed E-state index contributed by atoms with van der Waals surface area (Å²) in [7, 11) is 1.57. The average molecular weight is 244 g/mol. The summed E-state index contributed by atoms with van der Waals surface area (Å²) in [6, 6.07) is 0. The number of nitrogens with zero attached hydrogens (tertiary/aromatic N) is 3. The number of halogens is 1. The molecule has 1 aromatic rings. The van der Waals surface area contributed by atoms with Crippen LogP contribution in [0.4, 0.5) is 5.82 Å². The summed E-state index contributed by atoms with van der Waals surface area (Å²) in [5, 5.41) is 0.358. The lowest BCUT2D eigenvalue weighted by Gasteiger charge is -2.29. The Balaban J connectivity index is 2.36. The number of methoxy groups -OCH3 is 1. The van der Waals surface area contributed by atoms with Gasteiger partial charge in [0.15, 0.2) is 16.7 Å². The Morgan fingerprint density at radius 3 is 2.62 bits per heavy atom. The van der Waals surface area contributed by atoms with E-state index in [0.29, 0.717) is 29.9 Å². The summed E-state index contributed by atoms with van der Waals surface area (Å²) in [6.07, 6.45) is 0. The lowest BCUT2D eigenvalue weighted by atomic mass is 10.4. The first-order valence-corrected chi connectivity index (χ1v) is 5.51. The van der Waals surface area contributed by atoms with Gasteiger partial charge in [0.1, 0.15) is 5.82 Å². The van der Waals surface area contributed by atoms with E-state index in [1.807, 2.05) is 6.92 Å². The van der Waals surface area contributed by atoms with Crippen LogP contribution in [0.5, 0.6) is 5.75 Å². The Hall–Kier alpha value is -1.07. The Morgan fingerprint density at radius 1 is 1.31 bits per heavy atom. The number of aromatic nitrogens is 2.